The number of nitriles is 1. The van der Waals surface area contributed by atoms with Crippen LogP contribution in [0.25, 0.3) is 11.1 Å². The Hall–Kier alpha value is -2.68. The van der Waals surface area contributed by atoms with Crippen molar-refractivity contribution in [1.82, 2.24) is 0 Å². The second-order valence-corrected chi connectivity index (χ2v) is 3.89. The third kappa shape index (κ3) is 3.01. The van der Waals surface area contributed by atoms with Crippen LogP contribution in [0.15, 0.2) is 42.5 Å². The van der Waals surface area contributed by atoms with E-state index in [4.69, 9.17) is 5.26 Å². The van der Waals surface area contributed by atoms with Gasteiger partial charge in [-0.1, -0.05) is 30.3 Å². The smallest absolute Gasteiger partial charge is 0.507 e. The molecule has 0 saturated heterocycles. The number of alkyl halides is 3. The van der Waals surface area contributed by atoms with E-state index in [1.54, 1.807) is 36.4 Å². The molecule has 0 spiro atoms. The van der Waals surface area contributed by atoms with Crippen LogP contribution in [0.2, 0.25) is 0 Å². The molecule has 0 aliphatic carbocycles. The lowest BCUT2D eigenvalue weighted by Crippen LogP contribution is -2.17. The summed E-state index contributed by atoms with van der Waals surface area (Å²) in [5.41, 5.74) is 0.538. The fourth-order valence-electron chi connectivity index (χ4n) is 1.71. The lowest BCUT2D eigenvalue weighted by Gasteiger charge is -2.12. The maximum Gasteiger partial charge on any atom is 0.573 e. The minimum Gasteiger partial charge on any atom is -0.507 e. The molecule has 102 valence electrons. The third-order valence-corrected chi connectivity index (χ3v) is 2.53. The van der Waals surface area contributed by atoms with Gasteiger partial charge in [0.1, 0.15) is 11.8 Å². The average Bonchev–Trinajstić information content (AvgIpc) is 2.38. The van der Waals surface area contributed by atoms with Crippen LogP contribution in [0.3, 0.4) is 0 Å². The molecule has 0 saturated carbocycles. The minimum atomic E-state index is -4.92. The topological polar surface area (TPSA) is 53.2 Å². The average molecular weight is 279 g/mol. The Bertz CT molecular complexity index is 661. The van der Waals surface area contributed by atoms with Crippen LogP contribution < -0.4 is 4.74 Å². The van der Waals surface area contributed by atoms with Gasteiger partial charge in [-0.25, -0.2) is 0 Å². The summed E-state index contributed by atoms with van der Waals surface area (Å²) < 4.78 is 40.3. The molecule has 20 heavy (non-hydrogen) atoms. The standard InChI is InChI=1S/C14H8F3NO2/c15-14(16,17)20-13-7-12(19)11(6-10(13)8-18)9-4-2-1-3-5-9/h1-7,19H. The molecule has 2 aromatic carbocycles. The van der Waals surface area contributed by atoms with Crippen LogP contribution in [0.5, 0.6) is 11.5 Å². The zero-order chi connectivity index (χ0) is 14.8. The van der Waals surface area contributed by atoms with Gasteiger partial charge in [-0.05, 0) is 11.6 Å². The zero-order valence-corrected chi connectivity index (χ0v) is 9.98. The lowest BCUT2D eigenvalue weighted by molar-refractivity contribution is -0.274. The zero-order valence-electron chi connectivity index (χ0n) is 9.98. The SMILES string of the molecule is N#Cc1cc(-c2ccccc2)c(O)cc1OC(F)(F)F. The van der Waals surface area contributed by atoms with Crippen molar-refractivity contribution in [2.45, 2.75) is 6.36 Å². The number of halogens is 3. The van der Waals surface area contributed by atoms with Crippen LogP contribution in [-0.4, -0.2) is 11.5 Å². The molecule has 0 atom stereocenters. The van der Waals surface area contributed by atoms with Crippen molar-refractivity contribution >= 4 is 0 Å². The number of hydrogen-bond donors (Lipinski definition) is 1. The van der Waals surface area contributed by atoms with Crippen molar-refractivity contribution in [1.29, 1.82) is 5.26 Å². The van der Waals surface area contributed by atoms with Gasteiger partial charge < -0.3 is 9.84 Å². The summed E-state index contributed by atoms with van der Waals surface area (Å²) in [6.45, 7) is 0. The summed E-state index contributed by atoms with van der Waals surface area (Å²) in [6.07, 6.45) is -4.92. The first-order chi connectivity index (χ1) is 9.40. The fraction of sp³-hybridized carbons (Fsp3) is 0.0714. The van der Waals surface area contributed by atoms with Crippen LogP contribution in [0, 0.1) is 11.3 Å². The summed E-state index contributed by atoms with van der Waals surface area (Å²) in [4.78, 5) is 0. The number of rotatable bonds is 2. The number of aromatic hydroxyl groups is 1. The molecule has 2 rings (SSSR count). The van der Waals surface area contributed by atoms with E-state index in [1.165, 1.54) is 0 Å². The van der Waals surface area contributed by atoms with Gasteiger partial charge in [0.2, 0.25) is 0 Å². The summed E-state index contributed by atoms with van der Waals surface area (Å²) in [5, 5.41) is 18.7. The van der Waals surface area contributed by atoms with Crippen LogP contribution in [0.4, 0.5) is 13.2 Å². The second kappa shape index (κ2) is 5.13. The van der Waals surface area contributed by atoms with E-state index in [2.05, 4.69) is 4.74 Å². The van der Waals surface area contributed by atoms with E-state index in [9.17, 15) is 18.3 Å². The van der Waals surface area contributed by atoms with Crippen molar-refractivity contribution in [3.63, 3.8) is 0 Å². The molecular formula is C14H8F3NO2. The Kier molecular flexibility index (Phi) is 3.53. The highest BCUT2D eigenvalue weighted by atomic mass is 19.4. The van der Waals surface area contributed by atoms with Crippen LogP contribution in [-0.2, 0) is 0 Å². The molecule has 1 N–H and O–H groups in total. The highest BCUT2D eigenvalue weighted by molar-refractivity contribution is 5.73. The summed E-state index contributed by atoms with van der Waals surface area (Å²) in [6, 6.07) is 12.1. The molecular weight excluding hydrogens is 271 g/mol. The van der Waals surface area contributed by atoms with Crippen molar-refractivity contribution in [3.05, 3.63) is 48.0 Å². The largest absolute Gasteiger partial charge is 0.573 e. The number of phenolic OH excluding ortho intramolecular Hbond substituents is 1. The van der Waals surface area contributed by atoms with Gasteiger partial charge in [-0.3, -0.25) is 0 Å². The molecule has 0 fully saturated rings. The van der Waals surface area contributed by atoms with Gasteiger partial charge in [0.15, 0.2) is 5.75 Å². The van der Waals surface area contributed by atoms with E-state index in [-0.39, 0.29) is 11.1 Å². The number of phenols is 1. The molecule has 0 unspecified atom stereocenters. The first-order valence-corrected chi connectivity index (χ1v) is 5.49. The third-order valence-electron chi connectivity index (χ3n) is 2.53. The normalized spacial score (nSPS) is 10.9. The van der Waals surface area contributed by atoms with E-state index in [1.807, 2.05) is 0 Å². The van der Waals surface area contributed by atoms with Crippen molar-refractivity contribution in [3.8, 4) is 28.7 Å². The maximum absolute atomic E-state index is 12.2. The lowest BCUT2D eigenvalue weighted by atomic mass is 10.0. The molecule has 0 radical (unpaired) electrons. The Morgan fingerprint density at radius 3 is 2.30 bits per heavy atom. The first-order valence-electron chi connectivity index (χ1n) is 5.49. The predicted molar refractivity (Wildman–Crippen MR) is 64.9 cm³/mol. The van der Waals surface area contributed by atoms with Crippen molar-refractivity contribution in [2.24, 2.45) is 0 Å². The molecule has 0 bridgehead atoms. The van der Waals surface area contributed by atoms with Gasteiger partial charge in [0.05, 0.1) is 5.56 Å². The van der Waals surface area contributed by atoms with Crippen LogP contribution in [0.1, 0.15) is 5.56 Å². The molecule has 0 aromatic heterocycles. The highest BCUT2D eigenvalue weighted by Gasteiger charge is 2.32. The van der Waals surface area contributed by atoms with Gasteiger partial charge in [-0.15, -0.1) is 13.2 Å². The number of nitrogens with zero attached hydrogens (tertiary/aromatic N) is 1. The molecule has 3 nitrogen and oxygen atoms in total. The quantitative estimate of drug-likeness (QED) is 0.908. The van der Waals surface area contributed by atoms with Gasteiger partial charge in [-0.2, -0.15) is 5.26 Å². The Labute approximate surface area is 112 Å². The Balaban J connectivity index is 2.52. The maximum atomic E-state index is 12.2. The summed E-state index contributed by atoms with van der Waals surface area (Å²) in [5.74, 6) is -1.12. The van der Waals surface area contributed by atoms with Crippen LogP contribution >= 0.6 is 0 Å². The van der Waals surface area contributed by atoms with E-state index in [0.717, 1.165) is 12.1 Å². The molecule has 0 aliphatic heterocycles. The van der Waals surface area contributed by atoms with Crippen molar-refractivity contribution in [2.75, 3.05) is 0 Å². The molecule has 0 aliphatic rings. The predicted octanol–water partition coefficient (Wildman–Crippen LogP) is 3.83. The van der Waals surface area contributed by atoms with Gasteiger partial charge >= 0.3 is 6.36 Å². The number of hydrogen-bond acceptors (Lipinski definition) is 3. The molecule has 0 amide bonds. The first kappa shape index (κ1) is 13.7. The van der Waals surface area contributed by atoms with E-state index in [0.29, 0.717) is 5.56 Å². The summed E-state index contributed by atoms with van der Waals surface area (Å²) in [7, 11) is 0. The van der Waals surface area contributed by atoms with E-state index >= 15 is 0 Å². The molecule has 6 heteroatoms. The summed E-state index contributed by atoms with van der Waals surface area (Å²) >= 11 is 0. The second-order valence-electron chi connectivity index (χ2n) is 3.89. The number of ether oxygens (including phenoxy) is 1. The molecule has 0 heterocycles. The Morgan fingerprint density at radius 2 is 1.75 bits per heavy atom. The van der Waals surface area contributed by atoms with Gasteiger partial charge in [0, 0.05) is 11.6 Å². The van der Waals surface area contributed by atoms with Crippen molar-refractivity contribution < 1.29 is 23.0 Å². The van der Waals surface area contributed by atoms with Gasteiger partial charge in [0.25, 0.3) is 0 Å². The highest BCUT2D eigenvalue weighted by Crippen LogP contribution is 2.37. The molecule has 2 aromatic rings. The monoisotopic (exact) mass is 279 g/mol. The van der Waals surface area contributed by atoms with E-state index < -0.39 is 17.9 Å². The number of benzene rings is 2. The Morgan fingerprint density at radius 1 is 1.10 bits per heavy atom. The minimum absolute atomic E-state index is 0.261. The fourth-order valence-corrected chi connectivity index (χ4v) is 1.71.